The molecule has 0 aliphatic carbocycles. The topological polar surface area (TPSA) is 98.8 Å². The van der Waals surface area contributed by atoms with E-state index in [0.29, 0.717) is 0 Å². The molecule has 1 heterocycles. The van der Waals surface area contributed by atoms with E-state index in [4.69, 9.17) is 9.47 Å². The second kappa shape index (κ2) is 7.43. The molecule has 7 nitrogen and oxygen atoms in total. The van der Waals surface area contributed by atoms with E-state index in [-0.39, 0.29) is 18.1 Å². The van der Waals surface area contributed by atoms with Crippen molar-refractivity contribution in [3.8, 4) is 0 Å². The van der Waals surface area contributed by atoms with Gasteiger partial charge in [-0.2, -0.15) is 11.8 Å². The van der Waals surface area contributed by atoms with Gasteiger partial charge in [0.25, 0.3) is 0 Å². The first-order chi connectivity index (χ1) is 11.3. The van der Waals surface area contributed by atoms with Gasteiger partial charge < -0.3 is 14.8 Å². The highest BCUT2D eigenvalue weighted by molar-refractivity contribution is 8.04. The van der Waals surface area contributed by atoms with Gasteiger partial charge in [0.2, 0.25) is 0 Å². The lowest BCUT2D eigenvalue weighted by atomic mass is 10.0. The third-order valence-corrected chi connectivity index (χ3v) is 7.39. The van der Waals surface area contributed by atoms with Crippen molar-refractivity contribution in [3.63, 3.8) is 0 Å². The number of carbonyl (C=O) groups excluding carboxylic acids is 2. The van der Waals surface area contributed by atoms with Crippen LogP contribution < -0.4 is 5.32 Å². The number of hydrogen-bond acceptors (Lipinski definition) is 7. The van der Waals surface area contributed by atoms with Gasteiger partial charge in [0, 0.05) is 0 Å². The van der Waals surface area contributed by atoms with E-state index in [9.17, 15) is 18.0 Å². The molecule has 2 rings (SSSR count). The number of ether oxygens (including phenoxy) is 2. The van der Waals surface area contributed by atoms with Crippen molar-refractivity contribution in [3.05, 3.63) is 35.9 Å². The maximum atomic E-state index is 12.0. The molecule has 1 amide bonds. The summed E-state index contributed by atoms with van der Waals surface area (Å²) in [4.78, 5) is 24.0. The van der Waals surface area contributed by atoms with Crippen LogP contribution in [0, 0.1) is 0 Å². The SMILES string of the molecule is COC(=O)C(NC(=O)OCc1ccccc1)C1(SC)CS(=O)(=O)C1. The number of esters is 1. The zero-order valence-electron chi connectivity index (χ0n) is 13.4. The Bertz CT molecular complexity index is 692. The standard InChI is InChI=1S/C15H19NO6S2/c1-21-13(17)12(15(23-2)9-24(19,20)10-15)16-14(18)22-8-11-6-4-3-5-7-11/h3-7,12H,8-10H2,1-2H3,(H,16,18). The van der Waals surface area contributed by atoms with Gasteiger partial charge in [-0.1, -0.05) is 30.3 Å². The summed E-state index contributed by atoms with van der Waals surface area (Å²) < 4.78 is 32.0. The van der Waals surface area contributed by atoms with E-state index >= 15 is 0 Å². The van der Waals surface area contributed by atoms with Crippen molar-refractivity contribution >= 4 is 33.7 Å². The minimum Gasteiger partial charge on any atom is -0.467 e. The van der Waals surface area contributed by atoms with Gasteiger partial charge in [-0.05, 0) is 11.8 Å². The average molecular weight is 373 g/mol. The van der Waals surface area contributed by atoms with E-state index in [2.05, 4.69) is 5.32 Å². The Kier molecular flexibility index (Phi) is 5.76. The second-order valence-electron chi connectivity index (χ2n) is 5.46. The number of nitrogens with one attached hydrogen (secondary N) is 1. The summed E-state index contributed by atoms with van der Waals surface area (Å²) in [5.41, 5.74) is 0.799. The summed E-state index contributed by atoms with van der Waals surface area (Å²) in [6.45, 7) is 0.0468. The first kappa shape index (κ1) is 18.6. The lowest BCUT2D eigenvalue weighted by Crippen LogP contribution is -2.67. The molecule has 1 fully saturated rings. The van der Waals surface area contributed by atoms with E-state index < -0.39 is 32.7 Å². The van der Waals surface area contributed by atoms with Crippen molar-refractivity contribution in [2.24, 2.45) is 0 Å². The molecule has 1 N–H and O–H groups in total. The fraction of sp³-hybridized carbons (Fsp3) is 0.467. The minimum atomic E-state index is -3.20. The molecule has 9 heteroatoms. The fourth-order valence-corrected chi connectivity index (χ4v) is 6.66. The zero-order valence-corrected chi connectivity index (χ0v) is 15.0. The van der Waals surface area contributed by atoms with Crippen molar-refractivity contribution in [1.29, 1.82) is 0 Å². The van der Waals surface area contributed by atoms with Gasteiger partial charge in [-0.15, -0.1) is 0 Å². The molecule has 1 aromatic rings. The van der Waals surface area contributed by atoms with Crippen LogP contribution in [0.1, 0.15) is 5.56 Å². The summed E-state index contributed by atoms with van der Waals surface area (Å²) in [6.07, 6.45) is 0.897. The number of methoxy groups -OCH3 is 1. The number of alkyl carbamates (subject to hydrolysis) is 1. The molecule has 132 valence electrons. The van der Waals surface area contributed by atoms with Crippen molar-refractivity contribution in [2.75, 3.05) is 24.9 Å². The Hall–Kier alpha value is -1.74. The Morgan fingerprint density at radius 1 is 1.29 bits per heavy atom. The van der Waals surface area contributed by atoms with Gasteiger partial charge in [0.1, 0.15) is 12.6 Å². The van der Waals surface area contributed by atoms with Gasteiger partial charge in [0.05, 0.1) is 23.4 Å². The molecule has 0 aromatic heterocycles. The minimum absolute atomic E-state index is 0.0468. The molecule has 1 unspecified atom stereocenters. The molecular formula is C15H19NO6S2. The number of hydrogen-bond donors (Lipinski definition) is 1. The van der Waals surface area contributed by atoms with Crippen molar-refractivity contribution < 1.29 is 27.5 Å². The molecule has 0 spiro atoms. The molecule has 24 heavy (non-hydrogen) atoms. The predicted octanol–water partition coefficient (Wildman–Crippen LogP) is 0.985. The molecule has 1 saturated heterocycles. The molecular weight excluding hydrogens is 354 g/mol. The maximum Gasteiger partial charge on any atom is 0.408 e. The van der Waals surface area contributed by atoms with Crippen LogP contribution in [0.2, 0.25) is 0 Å². The van der Waals surface area contributed by atoms with Gasteiger partial charge in [-0.3, -0.25) is 0 Å². The largest absolute Gasteiger partial charge is 0.467 e. The third kappa shape index (κ3) is 4.21. The Balaban J connectivity index is 2.03. The van der Waals surface area contributed by atoms with E-state index in [1.165, 1.54) is 18.9 Å². The average Bonchev–Trinajstić information content (AvgIpc) is 2.55. The first-order valence-electron chi connectivity index (χ1n) is 7.12. The highest BCUT2D eigenvalue weighted by atomic mass is 32.2. The van der Waals surface area contributed by atoms with Crippen LogP contribution in [0.15, 0.2) is 30.3 Å². The van der Waals surface area contributed by atoms with Crippen LogP contribution in [-0.4, -0.2) is 56.1 Å². The quantitative estimate of drug-likeness (QED) is 0.742. The van der Waals surface area contributed by atoms with Crippen molar-refractivity contribution in [1.82, 2.24) is 5.32 Å². The zero-order chi connectivity index (χ0) is 17.8. The third-order valence-electron chi connectivity index (χ3n) is 3.77. The number of benzene rings is 1. The molecule has 0 bridgehead atoms. The summed E-state index contributed by atoms with van der Waals surface area (Å²) >= 11 is 1.22. The van der Waals surface area contributed by atoms with Crippen LogP contribution in [0.5, 0.6) is 0 Å². The summed E-state index contributed by atoms with van der Waals surface area (Å²) in [5, 5.41) is 2.45. The van der Waals surface area contributed by atoms with Crippen molar-refractivity contribution in [2.45, 2.75) is 17.4 Å². The summed E-state index contributed by atoms with van der Waals surface area (Å²) in [5.74, 6) is -1.09. The molecule has 1 aromatic carbocycles. The highest BCUT2D eigenvalue weighted by Crippen LogP contribution is 2.39. The summed E-state index contributed by atoms with van der Waals surface area (Å²) in [6, 6.07) is 7.98. The van der Waals surface area contributed by atoms with Crippen LogP contribution >= 0.6 is 11.8 Å². The van der Waals surface area contributed by atoms with Gasteiger partial charge in [-0.25, -0.2) is 18.0 Å². The van der Waals surface area contributed by atoms with Crippen LogP contribution in [0.4, 0.5) is 4.79 Å². The molecule has 0 radical (unpaired) electrons. The lowest BCUT2D eigenvalue weighted by molar-refractivity contribution is -0.143. The van der Waals surface area contributed by atoms with Crippen LogP contribution in [-0.2, 0) is 30.7 Å². The highest BCUT2D eigenvalue weighted by Gasteiger charge is 2.57. The number of sulfone groups is 1. The normalized spacial score (nSPS) is 18.8. The van der Waals surface area contributed by atoms with E-state index in [1.54, 1.807) is 18.4 Å². The van der Waals surface area contributed by atoms with Crippen LogP contribution in [0.25, 0.3) is 0 Å². The Morgan fingerprint density at radius 2 is 1.92 bits per heavy atom. The molecule has 0 saturated carbocycles. The number of carbonyl (C=O) groups is 2. The number of amides is 1. The van der Waals surface area contributed by atoms with Gasteiger partial charge >= 0.3 is 12.1 Å². The fourth-order valence-electron chi connectivity index (χ4n) is 2.51. The molecule has 1 aliphatic rings. The second-order valence-corrected chi connectivity index (χ2v) is 8.75. The smallest absolute Gasteiger partial charge is 0.408 e. The number of thioether (sulfide) groups is 1. The maximum absolute atomic E-state index is 12.0. The predicted molar refractivity (Wildman–Crippen MR) is 90.5 cm³/mol. The van der Waals surface area contributed by atoms with Crippen LogP contribution in [0.3, 0.4) is 0 Å². The summed E-state index contributed by atoms with van der Waals surface area (Å²) in [7, 11) is -2.01. The lowest BCUT2D eigenvalue weighted by Gasteiger charge is -2.43. The van der Waals surface area contributed by atoms with Gasteiger partial charge in [0.15, 0.2) is 9.84 Å². The monoisotopic (exact) mass is 373 g/mol. The first-order valence-corrected chi connectivity index (χ1v) is 10.2. The Labute approximate surface area is 145 Å². The molecule has 1 atom stereocenters. The van der Waals surface area contributed by atoms with E-state index in [0.717, 1.165) is 5.56 Å². The Morgan fingerprint density at radius 3 is 2.42 bits per heavy atom. The number of rotatable bonds is 6. The van der Waals surface area contributed by atoms with E-state index in [1.807, 2.05) is 18.2 Å². The molecule has 1 aliphatic heterocycles.